The number of phenols is 1. The van der Waals surface area contributed by atoms with Gasteiger partial charge in [-0.2, -0.15) is 0 Å². The second-order valence-corrected chi connectivity index (χ2v) is 8.37. The lowest BCUT2D eigenvalue weighted by Gasteiger charge is -2.46. The first-order valence-corrected chi connectivity index (χ1v) is 10.5. The van der Waals surface area contributed by atoms with Crippen LogP contribution in [0.25, 0.3) is 11.3 Å². The molecular weight excluding hydrogens is 382 g/mol. The third kappa shape index (κ3) is 3.82. The number of quaternary nitrogens is 1. The number of furan rings is 1. The number of piperidine rings is 3. The molecule has 1 unspecified atom stereocenters. The predicted octanol–water partition coefficient (Wildman–Crippen LogP) is 0.853. The van der Waals surface area contributed by atoms with Crippen molar-refractivity contribution in [2.45, 2.75) is 32.0 Å². The number of hydrogen-bond acceptors (Lipinski definition) is 5. The summed E-state index contributed by atoms with van der Waals surface area (Å²) in [5.41, 5.74) is 1.61. The number of hydrogen-bond donors (Lipinski definition) is 3. The van der Waals surface area contributed by atoms with Gasteiger partial charge < -0.3 is 19.7 Å². The number of nitrogens with one attached hydrogen (secondary N) is 2. The maximum absolute atomic E-state index is 12.7. The van der Waals surface area contributed by atoms with Gasteiger partial charge in [0.2, 0.25) is 5.91 Å². The summed E-state index contributed by atoms with van der Waals surface area (Å²) in [4.78, 5) is 14.2. The largest absolute Gasteiger partial charge is 0.508 e. The first kappa shape index (κ1) is 18.9. The number of nitrogens with zero attached hydrogens (tertiary/aromatic N) is 3. The topological polar surface area (TPSA) is 97.6 Å². The van der Waals surface area contributed by atoms with E-state index >= 15 is 0 Å². The SMILES string of the molecule is O=C(NCc1ccco1)[C@H]1C[NH+]2CC[C@@H]1C[C@@H]2Cn1cc(-c2cccc(O)c2)nn1. The molecule has 8 nitrogen and oxygen atoms in total. The Labute approximate surface area is 174 Å². The van der Waals surface area contributed by atoms with Crippen molar-refractivity contribution in [2.24, 2.45) is 11.8 Å². The zero-order valence-electron chi connectivity index (χ0n) is 16.7. The van der Waals surface area contributed by atoms with Crippen LogP contribution >= 0.6 is 0 Å². The van der Waals surface area contributed by atoms with Crippen LogP contribution in [0.2, 0.25) is 0 Å². The molecule has 3 N–H and O–H groups in total. The van der Waals surface area contributed by atoms with E-state index in [-0.39, 0.29) is 17.6 Å². The predicted molar refractivity (Wildman–Crippen MR) is 108 cm³/mol. The van der Waals surface area contributed by atoms with Crippen molar-refractivity contribution in [3.8, 4) is 17.0 Å². The summed E-state index contributed by atoms with van der Waals surface area (Å²) >= 11 is 0. The van der Waals surface area contributed by atoms with Crippen LogP contribution in [0.5, 0.6) is 5.75 Å². The monoisotopic (exact) mass is 408 g/mol. The first-order chi connectivity index (χ1) is 14.7. The summed E-state index contributed by atoms with van der Waals surface area (Å²) in [6.45, 7) is 3.21. The first-order valence-electron chi connectivity index (χ1n) is 10.5. The molecule has 0 saturated carbocycles. The van der Waals surface area contributed by atoms with Crippen LogP contribution in [0.4, 0.5) is 0 Å². The molecule has 5 heterocycles. The van der Waals surface area contributed by atoms with Gasteiger partial charge in [0.25, 0.3) is 0 Å². The highest BCUT2D eigenvalue weighted by atomic mass is 16.3. The Morgan fingerprint density at radius 3 is 3.03 bits per heavy atom. The van der Waals surface area contributed by atoms with E-state index in [1.807, 2.05) is 29.1 Å². The maximum atomic E-state index is 12.7. The second kappa shape index (κ2) is 7.95. The molecule has 4 atom stereocenters. The maximum Gasteiger partial charge on any atom is 0.229 e. The van der Waals surface area contributed by atoms with Gasteiger partial charge in [-0.05, 0) is 30.2 Å². The average Bonchev–Trinajstić information content (AvgIpc) is 3.45. The van der Waals surface area contributed by atoms with Gasteiger partial charge in [-0.15, -0.1) is 5.10 Å². The number of aromatic nitrogens is 3. The number of phenolic OH excluding ortho intramolecular Hbond substituents is 1. The van der Waals surface area contributed by atoms with E-state index in [0.29, 0.717) is 18.5 Å². The number of amides is 1. The number of rotatable bonds is 6. The van der Waals surface area contributed by atoms with Gasteiger partial charge in [-0.3, -0.25) is 4.79 Å². The van der Waals surface area contributed by atoms with E-state index in [4.69, 9.17) is 4.42 Å². The van der Waals surface area contributed by atoms with Crippen molar-refractivity contribution in [2.75, 3.05) is 13.1 Å². The van der Waals surface area contributed by atoms with Gasteiger partial charge in [-0.25, -0.2) is 4.68 Å². The molecule has 1 aromatic carbocycles. The van der Waals surface area contributed by atoms with E-state index in [0.717, 1.165) is 49.5 Å². The fraction of sp³-hybridized carbons (Fsp3) is 0.409. The van der Waals surface area contributed by atoms with Gasteiger partial charge >= 0.3 is 0 Å². The Morgan fingerprint density at radius 2 is 2.27 bits per heavy atom. The highest BCUT2D eigenvalue weighted by Gasteiger charge is 2.46. The molecule has 0 spiro atoms. The molecule has 0 radical (unpaired) electrons. The summed E-state index contributed by atoms with van der Waals surface area (Å²) in [5.74, 6) is 1.62. The molecule has 2 aromatic heterocycles. The summed E-state index contributed by atoms with van der Waals surface area (Å²) in [7, 11) is 0. The highest BCUT2D eigenvalue weighted by molar-refractivity contribution is 5.79. The average molecular weight is 408 g/mol. The lowest BCUT2D eigenvalue weighted by molar-refractivity contribution is -0.945. The minimum absolute atomic E-state index is 0.0681. The Hall–Kier alpha value is -3.13. The molecule has 3 aliphatic rings. The molecule has 3 fully saturated rings. The zero-order chi connectivity index (χ0) is 20.5. The Bertz CT molecular complexity index is 1020. The van der Waals surface area contributed by atoms with Crippen LogP contribution in [0, 0.1) is 11.8 Å². The van der Waals surface area contributed by atoms with Crippen molar-refractivity contribution in [3.05, 3.63) is 54.6 Å². The van der Waals surface area contributed by atoms with Gasteiger partial charge in [0.1, 0.15) is 23.2 Å². The molecule has 30 heavy (non-hydrogen) atoms. The van der Waals surface area contributed by atoms with Gasteiger partial charge in [-0.1, -0.05) is 17.3 Å². The van der Waals surface area contributed by atoms with Crippen molar-refractivity contribution in [1.82, 2.24) is 20.3 Å². The molecule has 0 aliphatic carbocycles. The van der Waals surface area contributed by atoms with Gasteiger partial charge in [0.05, 0.1) is 44.6 Å². The number of fused-ring (bicyclic) bond motifs is 3. The van der Waals surface area contributed by atoms with Crippen molar-refractivity contribution in [1.29, 1.82) is 0 Å². The second-order valence-electron chi connectivity index (χ2n) is 8.37. The molecule has 3 aromatic rings. The van der Waals surface area contributed by atoms with Crippen LogP contribution in [0.3, 0.4) is 0 Å². The van der Waals surface area contributed by atoms with E-state index in [9.17, 15) is 9.90 Å². The molecule has 3 saturated heterocycles. The normalized spacial score (nSPS) is 25.3. The Kier molecular flexibility index (Phi) is 5.00. The fourth-order valence-corrected chi connectivity index (χ4v) is 4.95. The summed E-state index contributed by atoms with van der Waals surface area (Å²) in [6, 6.07) is 11.2. The summed E-state index contributed by atoms with van der Waals surface area (Å²) < 4.78 is 7.20. The highest BCUT2D eigenvalue weighted by Crippen LogP contribution is 2.28. The quantitative estimate of drug-likeness (QED) is 0.562. The molecule has 2 bridgehead atoms. The lowest BCUT2D eigenvalue weighted by Crippen LogP contribution is -3.20. The van der Waals surface area contributed by atoms with Crippen LogP contribution in [0.1, 0.15) is 18.6 Å². The number of benzene rings is 1. The summed E-state index contributed by atoms with van der Waals surface area (Å²) in [5, 5.41) is 21.3. The fourth-order valence-electron chi connectivity index (χ4n) is 4.95. The van der Waals surface area contributed by atoms with E-state index in [1.165, 1.54) is 4.90 Å². The van der Waals surface area contributed by atoms with Crippen molar-refractivity contribution < 1.29 is 19.2 Å². The molecule has 3 aliphatic heterocycles. The molecule has 6 rings (SSSR count). The molecule has 1 amide bonds. The lowest BCUT2D eigenvalue weighted by atomic mass is 9.75. The number of aromatic hydroxyl groups is 1. The van der Waals surface area contributed by atoms with Crippen LogP contribution in [-0.4, -0.2) is 45.1 Å². The van der Waals surface area contributed by atoms with E-state index < -0.39 is 0 Å². The minimum atomic E-state index is 0.0681. The van der Waals surface area contributed by atoms with Crippen LogP contribution < -0.4 is 10.2 Å². The van der Waals surface area contributed by atoms with Crippen molar-refractivity contribution in [3.63, 3.8) is 0 Å². The van der Waals surface area contributed by atoms with Crippen LogP contribution in [-0.2, 0) is 17.9 Å². The third-order valence-electron chi connectivity index (χ3n) is 6.49. The molecule has 156 valence electrons. The standard InChI is InChI=1S/C22H25N5O3/c28-18-4-1-3-16(10-18)21-14-27(25-24-21)12-17-9-15-6-7-26(17)13-20(15)22(29)23-11-19-5-2-8-30-19/h1-5,8,10,14-15,17,20,28H,6-7,9,11-13H2,(H,23,29)/p+1/t15-,17-,20+/m1/s1. The number of carbonyl (C=O) groups excluding carboxylic acids is 1. The van der Waals surface area contributed by atoms with Gasteiger partial charge in [0, 0.05) is 18.4 Å². The molecular formula is C22H26N5O3+. The minimum Gasteiger partial charge on any atom is -0.508 e. The smallest absolute Gasteiger partial charge is 0.229 e. The third-order valence-corrected chi connectivity index (χ3v) is 6.49. The Morgan fingerprint density at radius 1 is 1.33 bits per heavy atom. The Balaban J connectivity index is 1.20. The molecule has 8 heteroatoms. The van der Waals surface area contributed by atoms with Crippen molar-refractivity contribution >= 4 is 5.91 Å². The van der Waals surface area contributed by atoms with Crippen LogP contribution in [0.15, 0.2) is 53.3 Å². The zero-order valence-corrected chi connectivity index (χ0v) is 16.7. The van der Waals surface area contributed by atoms with Gasteiger partial charge in [0.15, 0.2) is 0 Å². The number of carbonyl (C=O) groups is 1. The van der Waals surface area contributed by atoms with E-state index in [2.05, 4.69) is 15.6 Å². The van der Waals surface area contributed by atoms with E-state index in [1.54, 1.807) is 24.5 Å². The summed E-state index contributed by atoms with van der Waals surface area (Å²) in [6.07, 6.45) is 5.68.